The first kappa shape index (κ1) is 16.3. The Bertz CT molecular complexity index is 920. The average Bonchev–Trinajstić information content (AvgIpc) is 2.82. The van der Waals surface area contributed by atoms with Gasteiger partial charge in [0.1, 0.15) is 0 Å². The maximum absolute atomic E-state index is 6.13. The van der Waals surface area contributed by atoms with Gasteiger partial charge in [0, 0.05) is 5.56 Å². The van der Waals surface area contributed by atoms with Crippen molar-refractivity contribution in [2.24, 2.45) is 0 Å². The molecule has 0 unspecified atom stereocenters. The highest BCUT2D eigenvalue weighted by atomic mass is 16.7. The van der Waals surface area contributed by atoms with Crippen LogP contribution in [0.1, 0.15) is 27.7 Å². The normalized spacial score (nSPS) is 18.6. The largest absolute Gasteiger partial charge is 0.514 e. The molecule has 1 aromatic heterocycles. The Balaban J connectivity index is 1.70. The average molecular weight is 331 g/mol. The van der Waals surface area contributed by atoms with Crippen LogP contribution in [0.4, 0.5) is 0 Å². The highest BCUT2D eigenvalue weighted by molar-refractivity contribution is 6.61. The number of hydrogen-bond acceptors (Lipinski definition) is 3. The number of rotatable bonds is 2. The fourth-order valence-corrected chi connectivity index (χ4v) is 3.06. The Kier molecular flexibility index (Phi) is 3.71. The van der Waals surface area contributed by atoms with E-state index in [9.17, 15) is 0 Å². The van der Waals surface area contributed by atoms with Crippen molar-refractivity contribution in [3.8, 4) is 11.3 Å². The molecule has 0 amide bonds. The van der Waals surface area contributed by atoms with Gasteiger partial charge in [0.2, 0.25) is 0 Å². The zero-order valence-electron chi connectivity index (χ0n) is 15.1. The Morgan fingerprint density at radius 1 is 0.760 bits per heavy atom. The summed E-state index contributed by atoms with van der Waals surface area (Å²) in [7, 11) is -0.439. The highest BCUT2D eigenvalue weighted by Gasteiger charge is 2.52. The number of benzene rings is 2. The summed E-state index contributed by atoms with van der Waals surface area (Å²) in [6, 6.07) is 20.8. The summed E-state index contributed by atoms with van der Waals surface area (Å²) in [6.45, 7) is 8.22. The summed E-state index contributed by atoms with van der Waals surface area (Å²) in [4.78, 5) is 4.81. The zero-order valence-corrected chi connectivity index (χ0v) is 15.1. The van der Waals surface area contributed by atoms with E-state index in [0.717, 1.165) is 16.9 Å². The summed E-state index contributed by atoms with van der Waals surface area (Å²) in [5.41, 5.74) is 2.11. The van der Waals surface area contributed by atoms with Gasteiger partial charge in [0.05, 0.1) is 22.5 Å². The molecule has 0 saturated carbocycles. The van der Waals surface area contributed by atoms with Crippen molar-refractivity contribution in [1.29, 1.82) is 0 Å². The molecule has 0 radical (unpaired) electrons. The molecule has 0 N–H and O–H groups in total. The first-order valence-electron chi connectivity index (χ1n) is 8.67. The Morgan fingerprint density at radius 3 is 2.16 bits per heavy atom. The van der Waals surface area contributed by atoms with Gasteiger partial charge in [0.15, 0.2) is 0 Å². The van der Waals surface area contributed by atoms with E-state index in [1.807, 2.05) is 18.2 Å². The van der Waals surface area contributed by atoms with Crippen LogP contribution in [0.15, 0.2) is 60.7 Å². The third-order valence-corrected chi connectivity index (χ3v) is 5.31. The number of aromatic nitrogens is 1. The van der Waals surface area contributed by atoms with Crippen molar-refractivity contribution in [3.05, 3.63) is 60.7 Å². The second-order valence-electron chi connectivity index (χ2n) is 7.60. The minimum atomic E-state index is -0.439. The van der Waals surface area contributed by atoms with Gasteiger partial charge in [-0.3, -0.25) is 4.98 Å². The predicted octanol–water partition coefficient (Wildman–Crippen LogP) is 4.20. The molecule has 0 spiro atoms. The molecule has 4 heteroatoms. The molecule has 0 aliphatic carbocycles. The third-order valence-electron chi connectivity index (χ3n) is 5.31. The molecule has 25 heavy (non-hydrogen) atoms. The molecule has 2 heterocycles. The summed E-state index contributed by atoms with van der Waals surface area (Å²) < 4.78 is 12.3. The smallest absolute Gasteiger partial charge is 0.398 e. The second-order valence-corrected chi connectivity index (χ2v) is 7.60. The Labute approximate surface area is 149 Å². The van der Waals surface area contributed by atoms with Crippen LogP contribution in [0.2, 0.25) is 0 Å². The monoisotopic (exact) mass is 331 g/mol. The van der Waals surface area contributed by atoms with E-state index < -0.39 is 7.12 Å². The van der Waals surface area contributed by atoms with E-state index in [-0.39, 0.29) is 11.2 Å². The van der Waals surface area contributed by atoms with Crippen molar-refractivity contribution in [2.45, 2.75) is 38.9 Å². The zero-order chi connectivity index (χ0) is 17.7. The van der Waals surface area contributed by atoms with Gasteiger partial charge in [-0.15, -0.1) is 0 Å². The minimum Gasteiger partial charge on any atom is -0.398 e. The fourth-order valence-electron chi connectivity index (χ4n) is 3.06. The van der Waals surface area contributed by atoms with Crippen LogP contribution in [0.25, 0.3) is 22.0 Å². The lowest BCUT2D eigenvalue weighted by Gasteiger charge is -2.32. The van der Waals surface area contributed by atoms with Crippen LogP contribution in [0.3, 0.4) is 0 Å². The molecule has 1 aliphatic heterocycles. The maximum Gasteiger partial charge on any atom is 0.514 e. The minimum absolute atomic E-state index is 0.363. The molecule has 126 valence electrons. The molecule has 3 nitrogen and oxygen atoms in total. The van der Waals surface area contributed by atoms with Crippen molar-refractivity contribution in [3.63, 3.8) is 0 Å². The van der Waals surface area contributed by atoms with E-state index in [1.165, 1.54) is 10.8 Å². The van der Waals surface area contributed by atoms with Crippen LogP contribution < -0.4 is 5.59 Å². The summed E-state index contributed by atoms with van der Waals surface area (Å²) >= 11 is 0. The maximum atomic E-state index is 6.13. The second kappa shape index (κ2) is 5.68. The topological polar surface area (TPSA) is 31.4 Å². The lowest BCUT2D eigenvalue weighted by Crippen LogP contribution is -2.41. The van der Waals surface area contributed by atoms with Gasteiger partial charge in [0.25, 0.3) is 0 Å². The van der Waals surface area contributed by atoms with Crippen molar-refractivity contribution in [1.82, 2.24) is 4.98 Å². The molecular weight excluding hydrogens is 309 g/mol. The van der Waals surface area contributed by atoms with Gasteiger partial charge >= 0.3 is 7.12 Å². The van der Waals surface area contributed by atoms with Crippen molar-refractivity contribution < 1.29 is 9.31 Å². The van der Waals surface area contributed by atoms with Crippen LogP contribution in [0.5, 0.6) is 0 Å². The van der Waals surface area contributed by atoms with E-state index in [0.29, 0.717) is 0 Å². The quantitative estimate of drug-likeness (QED) is 0.660. The molecule has 4 rings (SSSR count). The van der Waals surface area contributed by atoms with Crippen LogP contribution >= 0.6 is 0 Å². The van der Waals surface area contributed by atoms with Gasteiger partial charge in [-0.05, 0) is 56.7 Å². The summed E-state index contributed by atoms with van der Waals surface area (Å²) in [5, 5.41) is 2.44. The van der Waals surface area contributed by atoms with Gasteiger partial charge in [-0.25, -0.2) is 0 Å². The Hall–Kier alpha value is -2.17. The van der Waals surface area contributed by atoms with Gasteiger partial charge in [-0.1, -0.05) is 42.5 Å². The summed E-state index contributed by atoms with van der Waals surface area (Å²) in [5.74, 6) is 0. The standard InChI is InChI=1S/C21H22BNO2/c1-20(2)21(3,4)25-22(24-20)19-11-7-10-18(23-19)17-13-12-15-8-5-6-9-16(15)14-17/h5-14H,1-4H3. The number of hydrogen-bond donors (Lipinski definition) is 0. The molecule has 1 fully saturated rings. The Morgan fingerprint density at radius 2 is 1.44 bits per heavy atom. The van der Waals surface area contributed by atoms with Gasteiger partial charge in [-0.2, -0.15) is 0 Å². The van der Waals surface area contributed by atoms with Crippen LogP contribution in [-0.4, -0.2) is 23.3 Å². The third kappa shape index (κ3) is 2.86. The first-order chi connectivity index (χ1) is 11.9. The van der Waals surface area contributed by atoms with E-state index in [1.54, 1.807) is 0 Å². The number of nitrogens with zero attached hydrogens (tertiary/aromatic N) is 1. The molecule has 3 aromatic rings. The van der Waals surface area contributed by atoms with Gasteiger partial charge < -0.3 is 9.31 Å². The van der Waals surface area contributed by atoms with Crippen molar-refractivity contribution >= 4 is 23.5 Å². The molecule has 0 bridgehead atoms. The number of fused-ring (bicyclic) bond motifs is 1. The molecular formula is C21H22BNO2. The lowest BCUT2D eigenvalue weighted by atomic mass is 9.84. The lowest BCUT2D eigenvalue weighted by molar-refractivity contribution is 0.00578. The van der Waals surface area contributed by atoms with E-state index >= 15 is 0 Å². The highest BCUT2D eigenvalue weighted by Crippen LogP contribution is 2.36. The molecule has 1 saturated heterocycles. The van der Waals surface area contributed by atoms with E-state index in [2.05, 4.69) is 70.2 Å². The molecule has 1 aliphatic rings. The molecule has 2 aromatic carbocycles. The summed E-state index contributed by atoms with van der Waals surface area (Å²) in [6.07, 6.45) is 0. The van der Waals surface area contributed by atoms with Crippen LogP contribution in [-0.2, 0) is 9.31 Å². The fraction of sp³-hybridized carbons (Fsp3) is 0.286. The van der Waals surface area contributed by atoms with Crippen molar-refractivity contribution in [2.75, 3.05) is 0 Å². The molecule has 0 atom stereocenters. The van der Waals surface area contributed by atoms with Crippen LogP contribution in [0, 0.1) is 0 Å². The predicted molar refractivity (Wildman–Crippen MR) is 103 cm³/mol. The number of pyridine rings is 1. The van der Waals surface area contributed by atoms with E-state index in [4.69, 9.17) is 14.3 Å². The SMILES string of the molecule is CC1(C)OB(c2cccc(-c3ccc4ccccc4c3)n2)OC1(C)C. The first-order valence-corrected chi connectivity index (χ1v) is 8.67.